The SMILES string of the molecule is CCC(CC(C)C(=O)NCCCN)C(=O)OC. The van der Waals surface area contributed by atoms with Gasteiger partial charge in [-0.2, -0.15) is 0 Å². The molecule has 0 saturated carbocycles. The Hall–Kier alpha value is -1.10. The number of hydrogen-bond acceptors (Lipinski definition) is 4. The van der Waals surface area contributed by atoms with E-state index in [9.17, 15) is 9.59 Å². The summed E-state index contributed by atoms with van der Waals surface area (Å²) in [6.07, 6.45) is 1.98. The maximum Gasteiger partial charge on any atom is 0.308 e. The van der Waals surface area contributed by atoms with Gasteiger partial charge in [0.1, 0.15) is 0 Å². The topological polar surface area (TPSA) is 81.4 Å². The molecule has 2 unspecified atom stereocenters. The summed E-state index contributed by atoms with van der Waals surface area (Å²) in [4.78, 5) is 23.1. The number of methoxy groups -OCH3 is 1. The third-order valence-electron chi connectivity index (χ3n) is 2.79. The lowest BCUT2D eigenvalue weighted by atomic mass is 9.93. The minimum atomic E-state index is -0.242. The molecule has 0 aliphatic rings. The van der Waals surface area contributed by atoms with E-state index in [-0.39, 0.29) is 23.7 Å². The summed E-state index contributed by atoms with van der Waals surface area (Å²) in [7, 11) is 1.37. The molecular weight excluding hydrogens is 220 g/mol. The van der Waals surface area contributed by atoms with Crippen LogP contribution >= 0.6 is 0 Å². The van der Waals surface area contributed by atoms with Crippen molar-refractivity contribution in [2.24, 2.45) is 17.6 Å². The summed E-state index contributed by atoms with van der Waals surface area (Å²) < 4.78 is 4.70. The Morgan fingerprint density at radius 3 is 2.53 bits per heavy atom. The van der Waals surface area contributed by atoms with Gasteiger partial charge in [-0.25, -0.2) is 0 Å². The van der Waals surface area contributed by atoms with Gasteiger partial charge in [-0.3, -0.25) is 9.59 Å². The zero-order valence-corrected chi connectivity index (χ0v) is 11.0. The molecule has 0 rings (SSSR count). The molecule has 0 radical (unpaired) electrons. The first-order valence-electron chi connectivity index (χ1n) is 6.12. The number of amides is 1. The molecule has 0 bridgehead atoms. The standard InChI is InChI=1S/C12H24N2O3/c1-4-10(12(16)17-3)8-9(2)11(15)14-7-5-6-13/h9-10H,4-8,13H2,1-3H3,(H,14,15). The second-order valence-corrected chi connectivity index (χ2v) is 4.20. The molecule has 0 aromatic carbocycles. The Morgan fingerprint density at radius 2 is 2.06 bits per heavy atom. The lowest BCUT2D eigenvalue weighted by Crippen LogP contribution is -2.33. The monoisotopic (exact) mass is 244 g/mol. The maximum atomic E-state index is 11.7. The zero-order valence-electron chi connectivity index (χ0n) is 11.0. The normalized spacial score (nSPS) is 13.9. The molecule has 0 heterocycles. The van der Waals surface area contributed by atoms with Crippen LogP contribution in [-0.2, 0) is 14.3 Å². The van der Waals surface area contributed by atoms with Gasteiger partial charge in [0.25, 0.3) is 0 Å². The van der Waals surface area contributed by atoms with Gasteiger partial charge < -0.3 is 15.8 Å². The summed E-state index contributed by atoms with van der Waals surface area (Å²) in [6, 6.07) is 0. The maximum absolute atomic E-state index is 11.7. The van der Waals surface area contributed by atoms with Gasteiger partial charge in [-0.05, 0) is 25.8 Å². The van der Waals surface area contributed by atoms with E-state index in [1.165, 1.54) is 7.11 Å². The predicted molar refractivity (Wildman–Crippen MR) is 66.3 cm³/mol. The van der Waals surface area contributed by atoms with Crippen LogP contribution in [0, 0.1) is 11.8 Å². The predicted octanol–water partition coefficient (Wildman–Crippen LogP) is 0.677. The second-order valence-electron chi connectivity index (χ2n) is 4.20. The van der Waals surface area contributed by atoms with E-state index in [2.05, 4.69) is 5.32 Å². The van der Waals surface area contributed by atoms with Crippen LogP contribution in [0.25, 0.3) is 0 Å². The molecule has 0 aromatic rings. The first-order valence-corrected chi connectivity index (χ1v) is 6.12. The Balaban J connectivity index is 4.07. The molecule has 3 N–H and O–H groups in total. The Morgan fingerprint density at radius 1 is 1.41 bits per heavy atom. The van der Waals surface area contributed by atoms with Crippen LogP contribution in [0.1, 0.15) is 33.1 Å². The van der Waals surface area contributed by atoms with Crippen molar-refractivity contribution in [3.8, 4) is 0 Å². The fourth-order valence-electron chi connectivity index (χ4n) is 1.62. The molecule has 1 amide bonds. The second kappa shape index (κ2) is 8.98. The number of rotatable bonds is 8. The zero-order chi connectivity index (χ0) is 13.3. The van der Waals surface area contributed by atoms with Crippen molar-refractivity contribution < 1.29 is 14.3 Å². The van der Waals surface area contributed by atoms with Crippen LogP contribution in [0.3, 0.4) is 0 Å². The largest absolute Gasteiger partial charge is 0.469 e. The highest BCUT2D eigenvalue weighted by Crippen LogP contribution is 2.17. The van der Waals surface area contributed by atoms with E-state index in [0.29, 0.717) is 25.9 Å². The Bertz CT molecular complexity index is 244. The fourth-order valence-corrected chi connectivity index (χ4v) is 1.62. The van der Waals surface area contributed by atoms with Gasteiger partial charge in [0.05, 0.1) is 13.0 Å². The minimum Gasteiger partial charge on any atom is -0.469 e. The van der Waals surface area contributed by atoms with E-state index >= 15 is 0 Å². The third-order valence-corrected chi connectivity index (χ3v) is 2.79. The van der Waals surface area contributed by atoms with Crippen molar-refractivity contribution >= 4 is 11.9 Å². The molecule has 0 spiro atoms. The van der Waals surface area contributed by atoms with Crippen LogP contribution in [0.15, 0.2) is 0 Å². The molecule has 2 atom stereocenters. The summed E-state index contributed by atoms with van der Waals surface area (Å²) in [5.74, 6) is -0.651. The van der Waals surface area contributed by atoms with Crippen LogP contribution < -0.4 is 11.1 Å². The van der Waals surface area contributed by atoms with Gasteiger partial charge in [0.15, 0.2) is 0 Å². The minimum absolute atomic E-state index is 0.0270. The highest BCUT2D eigenvalue weighted by molar-refractivity contribution is 5.79. The number of carbonyl (C=O) groups excluding carboxylic acids is 2. The highest BCUT2D eigenvalue weighted by Gasteiger charge is 2.23. The van der Waals surface area contributed by atoms with Crippen LogP contribution in [0.2, 0.25) is 0 Å². The van der Waals surface area contributed by atoms with E-state index in [1.54, 1.807) is 0 Å². The van der Waals surface area contributed by atoms with Crippen molar-refractivity contribution in [1.29, 1.82) is 0 Å². The number of ether oxygens (including phenoxy) is 1. The average Bonchev–Trinajstić information content (AvgIpc) is 2.34. The van der Waals surface area contributed by atoms with Gasteiger partial charge in [0, 0.05) is 12.5 Å². The van der Waals surface area contributed by atoms with Gasteiger partial charge in [0.2, 0.25) is 5.91 Å². The molecule has 0 saturated heterocycles. The van der Waals surface area contributed by atoms with E-state index in [4.69, 9.17) is 10.5 Å². The fraction of sp³-hybridized carbons (Fsp3) is 0.833. The van der Waals surface area contributed by atoms with Gasteiger partial charge >= 0.3 is 5.97 Å². The van der Waals surface area contributed by atoms with Crippen molar-refractivity contribution in [2.45, 2.75) is 33.1 Å². The van der Waals surface area contributed by atoms with Gasteiger partial charge in [-0.1, -0.05) is 13.8 Å². The summed E-state index contributed by atoms with van der Waals surface area (Å²) in [5, 5.41) is 2.80. The highest BCUT2D eigenvalue weighted by atomic mass is 16.5. The summed E-state index contributed by atoms with van der Waals surface area (Å²) >= 11 is 0. The van der Waals surface area contributed by atoms with Crippen LogP contribution in [-0.4, -0.2) is 32.1 Å². The Kier molecular flexibility index (Phi) is 8.40. The molecule has 0 fully saturated rings. The molecule has 100 valence electrons. The molecule has 5 nitrogen and oxygen atoms in total. The number of nitrogens with one attached hydrogen (secondary N) is 1. The number of hydrogen-bond donors (Lipinski definition) is 2. The molecule has 0 aliphatic carbocycles. The molecule has 0 aliphatic heterocycles. The van der Waals surface area contributed by atoms with Crippen LogP contribution in [0.5, 0.6) is 0 Å². The van der Waals surface area contributed by atoms with Crippen molar-refractivity contribution in [3.63, 3.8) is 0 Å². The van der Waals surface area contributed by atoms with E-state index in [1.807, 2.05) is 13.8 Å². The molecule has 5 heteroatoms. The molecule has 17 heavy (non-hydrogen) atoms. The number of esters is 1. The lowest BCUT2D eigenvalue weighted by Gasteiger charge is -2.17. The molecule has 0 aromatic heterocycles. The van der Waals surface area contributed by atoms with Crippen molar-refractivity contribution in [3.05, 3.63) is 0 Å². The summed E-state index contributed by atoms with van der Waals surface area (Å²) in [5.41, 5.74) is 5.34. The van der Waals surface area contributed by atoms with Crippen molar-refractivity contribution in [2.75, 3.05) is 20.2 Å². The number of carbonyl (C=O) groups is 2. The first-order chi connectivity index (χ1) is 8.06. The lowest BCUT2D eigenvalue weighted by molar-refractivity contribution is -0.146. The van der Waals surface area contributed by atoms with Crippen molar-refractivity contribution in [1.82, 2.24) is 5.32 Å². The quantitative estimate of drug-likeness (QED) is 0.486. The average molecular weight is 244 g/mol. The van der Waals surface area contributed by atoms with Gasteiger partial charge in [-0.15, -0.1) is 0 Å². The Labute approximate surface area is 103 Å². The first kappa shape index (κ1) is 15.9. The molecular formula is C12H24N2O3. The third kappa shape index (κ3) is 6.26. The smallest absolute Gasteiger partial charge is 0.308 e. The number of nitrogens with two attached hydrogens (primary N) is 1. The van der Waals surface area contributed by atoms with E-state index < -0.39 is 0 Å². The van der Waals surface area contributed by atoms with Crippen LogP contribution in [0.4, 0.5) is 0 Å². The van der Waals surface area contributed by atoms with E-state index in [0.717, 1.165) is 6.42 Å². The summed E-state index contributed by atoms with van der Waals surface area (Å²) in [6.45, 7) is 4.90.